The molecule has 1 atom stereocenters. The molecule has 3 rings (SSSR count). The van der Waals surface area contributed by atoms with Gasteiger partial charge in [-0.05, 0) is 40.3 Å². The molecular weight excluding hydrogens is 358 g/mol. The van der Waals surface area contributed by atoms with Gasteiger partial charge in [-0.2, -0.15) is 0 Å². The minimum absolute atomic E-state index is 0.163. The second-order valence-electron chi connectivity index (χ2n) is 4.99. The summed E-state index contributed by atoms with van der Waals surface area (Å²) >= 11 is 3.37. The van der Waals surface area contributed by atoms with E-state index >= 15 is 0 Å². The molecule has 23 heavy (non-hydrogen) atoms. The number of carbonyl (C=O) groups excluding carboxylic acids is 1. The Morgan fingerprint density at radius 3 is 2.52 bits per heavy atom. The van der Waals surface area contributed by atoms with Gasteiger partial charge in [0, 0.05) is 16.6 Å². The fourth-order valence-corrected chi connectivity index (χ4v) is 2.48. The van der Waals surface area contributed by atoms with Gasteiger partial charge in [-0.25, -0.2) is 4.68 Å². The number of anilines is 1. The largest absolute Gasteiger partial charge is 0.324 e. The lowest BCUT2D eigenvalue weighted by Gasteiger charge is -2.16. The Hall–Kier alpha value is -2.54. The molecule has 0 saturated heterocycles. The highest BCUT2D eigenvalue weighted by Gasteiger charge is 2.22. The van der Waals surface area contributed by atoms with E-state index in [-0.39, 0.29) is 5.91 Å². The summed E-state index contributed by atoms with van der Waals surface area (Å²) in [5, 5.41) is 14.0. The van der Waals surface area contributed by atoms with E-state index in [0.717, 1.165) is 15.7 Å². The maximum absolute atomic E-state index is 12.7. The van der Waals surface area contributed by atoms with Crippen molar-refractivity contribution in [2.45, 2.75) is 12.5 Å². The van der Waals surface area contributed by atoms with Crippen LogP contribution in [-0.2, 0) is 11.2 Å². The van der Waals surface area contributed by atoms with Crippen LogP contribution in [0.5, 0.6) is 0 Å². The first-order valence-corrected chi connectivity index (χ1v) is 7.84. The number of rotatable bonds is 5. The maximum Gasteiger partial charge on any atom is 0.249 e. The van der Waals surface area contributed by atoms with Crippen molar-refractivity contribution in [2.24, 2.45) is 0 Å². The van der Waals surface area contributed by atoms with Crippen molar-refractivity contribution in [1.29, 1.82) is 0 Å². The number of carbonyl (C=O) groups is 1. The monoisotopic (exact) mass is 371 g/mol. The van der Waals surface area contributed by atoms with Crippen molar-refractivity contribution >= 4 is 27.5 Å². The molecule has 1 aromatic heterocycles. The molecule has 0 unspecified atom stereocenters. The summed E-state index contributed by atoms with van der Waals surface area (Å²) in [6.45, 7) is 0. The molecule has 2 aromatic carbocycles. The normalized spacial score (nSPS) is 11.9. The number of nitrogens with zero attached hydrogens (tertiary/aromatic N) is 4. The molecule has 116 valence electrons. The van der Waals surface area contributed by atoms with Crippen LogP contribution in [0.15, 0.2) is 65.4 Å². The molecule has 0 aliphatic rings. The summed E-state index contributed by atoms with van der Waals surface area (Å²) in [5.41, 5.74) is 1.77. The van der Waals surface area contributed by atoms with E-state index in [4.69, 9.17) is 0 Å². The van der Waals surface area contributed by atoms with Crippen molar-refractivity contribution in [2.75, 3.05) is 5.32 Å². The van der Waals surface area contributed by atoms with E-state index in [9.17, 15) is 4.79 Å². The highest BCUT2D eigenvalue weighted by atomic mass is 79.9. The molecule has 1 N–H and O–H groups in total. The predicted octanol–water partition coefficient (Wildman–Crippen LogP) is 2.86. The zero-order valence-corrected chi connectivity index (χ0v) is 13.7. The van der Waals surface area contributed by atoms with Crippen LogP contribution in [0.25, 0.3) is 0 Å². The number of benzene rings is 2. The van der Waals surface area contributed by atoms with Gasteiger partial charge in [0.25, 0.3) is 0 Å². The second-order valence-corrected chi connectivity index (χ2v) is 5.91. The first kappa shape index (κ1) is 15.4. The number of halogens is 1. The Morgan fingerprint density at radius 2 is 1.87 bits per heavy atom. The van der Waals surface area contributed by atoms with E-state index in [0.29, 0.717) is 6.42 Å². The van der Waals surface area contributed by atoms with Crippen molar-refractivity contribution < 1.29 is 4.79 Å². The average molecular weight is 372 g/mol. The molecule has 0 bridgehead atoms. The summed E-state index contributed by atoms with van der Waals surface area (Å²) in [7, 11) is 0. The molecule has 7 heteroatoms. The highest BCUT2D eigenvalue weighted by molar-refractivity contribution is 9.10. The number of hydrogen-bond donors (Lipinski definition) is 1. The van der Waals surface area contributed by atoms with Gasteiger partial charge in [0.05, 0.1) is 0 Å². The second kappa shape index (κ2) is 7.15. The molecule has 0 aliphatic heterocycles. The fraction of sp³-hybridized carbons (Fsp3) is 0.125. The lowest BCUT2D eigenvalue weighted by atomic mass is 10.1. The first-order chi connectivity index (χ1) is 11.2. The number of tetrazole rings is 1. The number of hydrogen-bond acceptors (Lipinski definition) is 4. The van der Waals surface area contributed by atoms with Crippen molar-refractivity contribution in [3.8, 4) is 0 Å². The lowest BCUT2D eigenvalue weighted by molar-refractivity contribution is -0.119. The molecule has 0 aliphatic carbocycles. The van der Waals surface area contributed by atoms with Crippen LogP contribution in [-0.4, -0.2) is 26.1 Å². The number of aromatic nitrogens is 4. The van der Waals surface area contributed by atoms with Gasteiger partial charge in [-0.3, -0.25) is 4.79 Å². The van der Waals surface area contributed by atoms with E-state index in [1.807, 2.05) is 54.6 Å². The Kier molecular flexibility index (Phi) is 4.77. The number of nitrogens with one attached hydrogen (secondary N) is 1. The van der Waals surface area contributed by atoms with E-state index in [1.165, 1.54) is 11.0 Å². The minimum Gasteiger partial charge on any atom is -0.324 e. The zero-order chi connectivity index (χ0) is 16.1. The Labute approximate surface area is 141 Å². The Bertz CT molecular complexity index is 759. The van der Waals surface area contributed by atoms with E-state index in [1.54, 1.807) is 0 Å². The maximum atomic E-state index is 12.7. The lowest BCUT2D eigenvalue weighted by Crippen LogP contribution is -2.28. The Balaban J connectivity index is 1.80. The number of amides is 1. The molecule has 0 radical (unpaired) electrons. The summed E-state index contributed by atoms with van der Waals surface area (Å²) in [6, 6.07) is 16.7. The molecule has 0 spiro atoms. The summed E-state index contributed by atoms with van der Waals surface area (Å²) in [5.74, 6) is -0.163. The predicted molar refractivity (Wildman–Crippen MR) is 89.8 cm³/mol. The Morgan fingerprint density at radius 1 is 1.13 bits per heavy atom. The van der Waals surface area contributed by atoms with Crippen LogP contribution in [0.4, 0.5) is 5.69 Å². The van der Waals surface area contributed by atoms with Crippen LogP contribution in [0, 0.1) is 0 Å². The van der Waals surface area contributed by atoms with E-state index in [2.05, 4.69) is 36.8 Å². The van der Waals surface area contributed by atoms with Crippen LogP contribution < -0.4 is 5.32 Å². The van der Waals surface area contributed by atoms with Gasteiger partial charge < -0.3 is 5.32 Å². The SMILES string of the molecule is O=C(Nc1ccc(Br)cc1)[C@H](Cc1ccccc1)n1cnnn1. The molecule has 1 heterocycles. The standard InChI is InChI=1S/C16H14BrN5O/c17-13-6-8-14(9-7-13)19-16(23)15(22-11-18-20-21-22)10-12-4-2-1-3-5-12/h1-9,11,15H,10H2,(H,19,23)/t15-/m0/s1. The van der Waals surface area contributed by atoms with Gasteiger partial charge in [0.2, 0.25) is 5.91 Å². The van der Waals surface area contributed by atoms with Crippen molar-refractivity contribution in [3.05, 3.63) is 71.0 Å². The van der Waals surface area contributed by atoms with Crippen LogP contribution >= 0.6 is 15.9 Å². The van der Waals surface area contributed by atoms with Crippen LogP contribution in [0.3, 0.4) is 0 Å². The quantitative estimate of drug-likeness (QED) is 0.748. The van der Waals surface area contributed by atoms with Gasteiger partial charge in [0.1, 0.15) is 12.4 Å². The van der Waals surface area contributed by atoms with Crippen LogP contribution in [0.2, 0.25) is 0 Å². The zero-order valence-electron chi connectivity index (χ0n) is 12.1. The first-order valence-electron chi connectivity index (χ1n) is 7.05. The van der Waals surface area contributed by atoms with E-state index < -0.39 is 6.04 Å². The van der Waals surface area contributed by atoms with Crippen LogP contribution in [0.1, 0.15) is 11.6 Å². The third kappa shape index (κ3) is 4.01. The van der Waals surface area contributed by atoms with Crippen molar-refractivity contribution in [3.63, 3.8) is 0 Å². The molecule has 6 nitrogen and oxygen atoms in total. The van der Waals surface area contributed by atoms with Gasteiger partial charge in [-0.15, -0.1) is 5.10 Å². The minimum atomic E-state index is -0.518. The van der Waals surface area contributed by atoms with Crippen molar-refractivity contribution in [1.82, 2.24) is 20.2 Å². The molecular formula is C16H14BrN5O. The topological polar surface area (TPSA) is 72.7 Å². The summed E-state index contributed by atoms with van der Waals surface area (Å²) in [6.07, 6.45) is 1.96. The molecule has 0 saturated carbocycles. The average Bonchev–Trinajstić information content (AvgIpc) is 3.10. The highest BCUT2D eigenvalue weighted by Crippen LogP contribution is 2.18. The third-order valence-corrected chi connectivity index (χ3v) is 3.90. The van der Waals surface area contributed by atoms with Gasteiger partial charge >= 0.3 is 0 Å². The third-order valence-electron chi connectivity index (χ3n) is 3.37. The van der Waals surface area contributed by atoms with Gasteiger partial charge in [-0.1, -0.05) is 46.3 Å². The molecule has 0 fully saturated rings. The summed E-state index contributed by atoms with van der Waals surface area (Å²) < 4.78 is 2.43. The summed E-state index contributed by atoms with van der Waals surface area (Å²) in [4.78, 5) is 12.7. The fourth-order valence-electron chi connectivity index (χ4n) is 2.21. The smallest absolute Gasteiger partial charge is 0.249 e. The van der Waals surface area contributed by atoms with Gasteiger partial charge in [0.15, 0.2) is 0 Å². The molecule has 3 aromatic rings. The molecule has 1 amide bonds.